The quantitative estimate of drug-likeness (QED) is 0.681. The molecule has 1 aromatic carbocycles. The van der Waals surface area contributed by atoms with E-state index in [0.29, 0.717) is 0 Å². The number of hydrogen-bond donors (Lipinski definition) is 1. The molecule has 0 fully saturated rings. The Morgan fingerprint density at radius 1 is 1.21 bits per heavy atom. The summed E-state index contributed by atoms with van der Waals surface area (Å²) in [6.07, 6.45) is 0. The summed E-state index contributed by atoms with van der Waals surface area (Å²) in [7, 11) is 0. The molecule has 1 heterocycles. The Morgan fingerprint density at radius 2 is 1.95 bits per heavy atom. The second-order valence-corrected chi connectivity index (χ2v) is 3.50. The van der Waals surface area contributed by atoms with Crippen molar-refractivity contribution in [3.8, 4) is 11.6 Å². The zero-order chi connectivity index (χ0) is 14.0. The van der Waals surface area contributed by atoms with Gasteiger partial charge in [0.2, 0.25) is 0 Å². The number of pyridine rings is 1. The summed E-state index contributed by atoms with van der Waals surface area (Å²) < 4.78 is 30.8. The van der Waals surface area contributed by atoms with Gasteiger partial charge in [-0.05, 0) is 18.2 Å². The van der Waals surface area contributed by atoms with Crippen LogP contribution in [0.4, 0.5) is 20.3 Å². The van der Waals surface area contributed by atoms with Gasteiger partial charge in [0, 0.05) is 12.1 Å². The van der Waals surface area contributed by atoms with E-state index in [-0.39, 0.29) is 11.6 Å². The largest absolute Gasteiger partial charge is 0.434 e. The summed E-state index contributed by atoms with van der Waals surface area (Å²) in [6, 6.07) is 5.05. The second kappa shape index (κ2) is 4.84. The highest BCUT2D eigenvalue weighted by Crippen LogP contribution is 2.30. The van der Waals surface area contributed by atoms with Gasteiger partial charge in [-0.25, -0.2) is 8.78 Å². The summed E-state index contributed by atoms with van der Waals surface area (Å²) in [4.78, 5) is 13.7. The van der Waals surface area contributed by atoms with Crippen molar-refractivity contribution in [2.75, 3.05) is 5.73 Å². The fourth-order valence-electron chi connectivity index (χ4n) is 1.31. The van der Waals surface area contributed by atoms with E-state index in [2.05, 4.69) is 4.98 Å². The van der Waals surface area contributed by atoms with Crippen molar-refractivity contribution < 1.29 is 18.4 Å². The molecule has 0 saturated carbocycles. The molecule has 6 nitrogen and oxygen atoms in total. The number of nitrogens with two attached hydrogens (primary N) is 1. The Bertz CT molecular complexity index is 649. The zero-order valence-corrected chi connectivity index (χ0v) is 9.34. The van der Waals surface area contributed by atoms with Crippen LogP contribution in [0, 0.1) is 21.7 Å². The molecule has 98 valence electrons. The lowest BCUT2D eigenvalue weighted by Gasteiger charge is -2.06. The summed E-state index contributed by atoms with van der Waals surface area (Å²) in [6.45, 7) is 0. The van der Waals surface area contributed by atoms with E-state index in [1.165, 1.54) is 6.07 Å². The van der Waals surface area contributed by atoms with Crippen LogP contribution in [0.2, 0.25) is 0 Å². The van der Waals surface area contributed by atoms with Crippen molar-refractivity contribution in [2.45, 2.75) is 0 Å². The van der Waals surface area contributed by atoms with Crippen LogP contribution in [-0.2, 0) is 0 Å². The lowest BCUT2D eigenvalue weighted by Crippen LogP contribution is -1.99. The Kier molecular flexibility index (Phi) is 3.23. The number of aromatic nitrogens is 1. The van der Waals surface area contributed by atoms with Crippen molar-refractivity contribution >= 4 is 11.5 Å². The first-order valence-corrected chi connectivity index (χ1v) is 5.01. The molecule has 0 atom stereocenters. The molecule has 2 rings (SSSR count). The van der Waals surface area contributed by atoms with Crippen molar-refractivity contribution in [3.63, 3.8) is 0 Å². The van der Waals surface area contributed by atoms with E-state index in [4.69, 9.17) is 10.5 Å². The number of rotatable bonds is 3. The number of ether oxygens (including phenoxy) is 1. The first-order chi connectivity index (χ1) is 8.97. The van der Waals surface area contributed by atoms with E-state index in [1.54, 1.807) is 0 Å². The van der Waals surface area contributed by atoms with Crippen molar-refractivity contribution in [3.05, 3.63) is 52.1 Å². The van der Waals surface area contributed by atoms with Gasteiger partial charge in [-0.1, -0.05) is 0 Å². The monoisotopic (exact) mass is 267 g/mol. The zero-order valence-electron chi connectivity index (χ0n) is 9.34. The minimum absolute atomic E-state index is 0.00295. The summed E-state index contributed by atoms with van der Waals surface area (Å²) >= 11 is 0. The summed E-state index contributed by atoms with van der Waals surface area (Å²) in [5.41, 5.74) is 4.96. The first kappa shape index (κ1) is 12.7. The van der Waals surface area contributed by atoms with Crippen molar-refractivity contribution in [1.82, 2.24) is 4.98 Å². The van der Waals surface area contributed by atoms with Gasteiger partial charge in [-0.3, -0.25) is 10.1 Å². The molecule has 0 amide bonds. The summed E-state index contributed by atoms with van der Waals surface area (Å²) in [5, 5.41) is 10.8. The SMILES string of the molecule is Nc1ccc([N+](=O)[O-])c(Oc2ccc(F)c(F)c2)n1. The molecule has 0 aliphatic carbocycles. The molecule has 19 heavy (non-hydrogen) atoms. The molecule has 2 N–H and O–H groups in total. The van der Waals surface area contributed by atoms with E-state index in [0.717, 1.165) is 24.3 Å². The van der Waals surface area contributed by atoms with Gasteiger partial charge in [0.05, 0.1) is 4.92 Å². The second-order valence-electron chi connectivity index (χ2n) is 3.50. The third-order valence-corrected chi connectivity index (χ3v) is 2.16. The van der Waals surface area contributed by atoms with E-state index in [1.807, 2.05) is 0 Å². The maximum absolute atomic E-state index is 13.0. The molecule has 0 aliphatic rings. The molecule has 0 radical (unpaired) electrons. The Labute approximate surface area is 105 Å². The Morgan fingerprint density at radius 3 is 2.58 bits per heavy atom. The highest BCUT2D eigenvalue weighted by Gasteiger charge is 2.18. The number of benzene rings is 1. The normalized spacial score (nSPS) is 10.2. The molecular weight excluding hydrogens is 260 g/mol. The smallest absolute Gasteiger partial charge is 0.331 e. The number of nitrogen functional groups attached to an aromatic ring is 1. The molecule has 0 saturated heterocycles. The molecule has 0 bridgehead atoms. The molecule has 0 spiro atoms. The highest BCUT2D eigenvalue weighted by molar-refractivity contribution is 5.48. The maximum Gasteiger partial charge on any atom is 0.331 e. The van der Waals surface area contributed by atoms with Gasteiger partial charge in [0.1, 0.15) is 11.6 Å². The highest BCUT2D eigenvalue weighted by atomic mass is 19.2. The van der Waals surface area contributed by atoms with Crippen LogP contribution >= 0.6 is 0 Å². The predicted molar refractivity (Wildman–Crippen MR) is 61.7 cm³/mol. The van der Waals surface area contributed by atoms with Gasteiger partial charge >= 0.3 is 11.6 Å². The number of nitro groups is 1. The van der Waals surface area contributed by atoms with Crippen molar-refractivity contribution in [1.29, 1.82) is 0 Å². The van der Waals surface area contributed by atoms with Crippen LogP contribution in [0.25, 0.3) is 0 Å². The van der Waals surface area contributed by atoms with Gasteiger partial charge < -0.3 is 10.5 Å². The topological polar surface area (TPSA) is 91.3 Å². The number of hydrogen-bond acceptors (Lipinski definition) is 5. The molecule has 0 unspecified atom stereocenters. The average molecular weight is 267 g/mol. The van der Waals surface area contributed by atoms with Gasteiger partial charge in [0.15, 0.2) is 11.6 Å². The third kappa shape index (κ3) is 2.73. The molecule has 1 aromatic heterocycles. The van der Waals surface area contributed by atoms with E-state index < -0.39 is 28.1 Å². The number of nitrogens with zero attached hydrogens (tertiary/aromatic N) is 2. The molecule has 2 aromatic rings. The van der Waals surface area contributed by atoms with E-state index >= 15 is 0 Å². The van der Waals surface area contributed by atoms with Crippen molar-refractivity contribution in [2.24, 2.45) is 0 Å². The Hall–Kier alpha value is -2.77. The third-order valence-electron chi connectivity index (χ3n) is 2.16. The summed E-state index contributed by atoms with van der Waals surface area (Å²) in [5.74, 6) is -2.70. The average Bonchev–Trinajstić information content (AvgIpc) is 2.33. The minimum Gasteiger partial charge on any atom is -0.434 e. The standard InChI is InChI=1S/C11H7F2N3O3/c12-7-2-1-6(5-8(7)13)19-11-9(16(17)18)3-4-10(14)15-11/h1-5H,(H2,14,15). The minimum atomic E-state index is -1.14. The van der Waals surface area contributed by atoms with Crippen LogP contribution in [0.3, 0.4) is 0 Å². The number of halogens is 2. The van der Waals surface area contributed by atoms with Crippen LogP contribution in [-0.4, -0.2) is 9.91 Å². The van der Waals surface area contributed by atoms with Gasteiger partial charge in [-0.15, -0.1) is 0 Å². The molecule has 8 heteroatoms. The van der Waals surface area contributed by atoms with Crippen LogP contribution < -0.4 is 10.5 Å². The van der Waals surface area contributed by atoms with Crippen LogP contribution in [0.1, 0.15) is 0 Å². The lowest BCUT2D eigenvalue weighted by atomic mass is 10.3. The lowest BCUT2D eigenvalue weighted by molar-refractivity contribution is -0.386. The first-order valence-electron chi connectivity index (χ1n) is 5.01. The Balaban J connectivity index is 2.39. The van der Waals surface area contributed by atoms with E-state index in [9.17, 15) is 18.9 Å². The van der Waals surface area contributed by atoms with Crippen LogP contribution in [0.15, 0.2) is 30.3 Å². The van der Waals surface area contributed by atoms with Gasteiger partial charge in [-0.2, -0.15) is 4.98 Å². The molecule has 0 aliphatic heterocycles. The molecular formula is C11H7F2N3O3. The fraction of sp³-hybridized carbons (Fsp3) is 0. The predicted octanol–water partition coefficient (Wildman–Crippen LogP) is 2.64. The van der Waals surface area contributed by atoms with Crippen LogP contribution in [0.5, 0.6) is 11.6 Å². The maximum atomic E-state index is 13.0. The van der Waals surface area contributed by atoms with Gasteiger partial charge in [0.25, 0.3) is 0 Å². The number of anilines is 1. The fourth-order valence-corrected chi connectivity index (χ4v) is 1.31.